The van der Waals surface area contributed by atoms with Gasteiger partial charge in [-0.2, -0.15) is 0 Å². The average Bonchev–Trinajstić information content (AvgIpc) is 2.09. The Balaban J connectivity index is 2.37. The highest BCUT2D eigenvalue weighted by Crippen LogP contribution is 2.56. The quantitative estimate of drug-likeness (QED) is 0.396. The predicted molar refractivity (Wildman–Crippen MR) is 28.6 cm³/mol. The minimum absolute atomic E-state index is 0.500. The Morgan fingerprint density at radius 2 is 2.57 bits per heavy atom. The standard InChI is InChI=1S/C7H8/c1-7-4-2-3-6(7)5-7/h6H,3,5H2,1H3. The van der Waals surface area contributed by atoms with Crippen molar-refractivity contribution in [2.24, 2.45) is 11.3 Å². The van der Waals surface area contributed by atoms with Crippen LogP contribution in [0, 0.1) is 23.2 Å². The van der Waals surface area contributed by atoms with Gasteiger partial charge in [0.25, 0.3) is 0 Å². The minimum atomic E-state index is 0.500. The van der Waals surface area contributed by atoms with Crippen LogP contribution >= 0.6 is 0 Å². The maximum atomic E-state index is 3.22. The molecule has 1 saturated carbocycles. The third-order valence-electron chi connectivity index (χ3n) is 2.13. The van der Waals surface area contributed by atoms with Gasteiger partial charge in [-0.1, -0.05) is 5.92 Å². The van der Waals surface area contributed by atoms with Gasteiger partial charge in [-0.25, -0.2) is 0 Å². The maximum absolute atomic E-state index is 3.22. The fourth-order valence-corrected chi connectivity index (χ4v) is 1.28. The molecule has 0 radical (unpaired) electrons. The normalized spacial score (nSPS) is 52.4. The monoisotopic (exact) mass is 92.1 g/mol. The van der Waals surface area contributed by atoms with E-state index < -0.39 is 0 Å². The van der Waals surface area contributed by atoms with Crippen LogP contribution in [0.3, 0.4) is 0 Å². The summed E-state index contributed by atoms with van der Waals surface area (Å²) in [7, 11) is 0. The molecule has 0 aliphatic heterocycles. The van der Waals surface area contributed by atoms with Crippen LogP contribution in [0.4, 0.5) is 0 Å². The van der Waals surface area contributed by atoms with Crippen LogP contribution in [0.25, 0.3) is 0 Å². The molecule has 0 aromatic carbocycles. The number of rotatable bonds is 0. The van der Waals surface area contributed by atoms with Crippen LogP contribution in [-0.4, -0.2) is 0 Å². The Hall–Kier alpha value is -0.440. The number of fused-ring (bicyclic) bond motifs is 1. The molecule has 2 aliphatic carbocycles. The molecule has 0 N–H and O–H groups in total. The Labute approximate surface area is 43.9 Å². The minimum Gasteiger partial charge on any atom is -0.102 e. The molecular formula is C7H8. The smallest absolute Gasteiger partial charge is 0.0327 e. The van der Waals surface area contributed by atoms with Gasteiger partial charge in [-0.05, 0) is 19.3 Å². The fourth-order valence-electron chi connectivity index (χ4n) is 1.28. The molecule has 2 atom stereocenters. The van der Waals surface area contributed by atoms with E-state index in [0.29, 0.717) is 5.41 Å². The van der Waals surface area contributed by atoms with Gasteiger partial charge < -0.3 is 0 Å². The molecule has 0 aromatic rings. The summed E-state index contributed by atoms with van der Waals surface area (Å²) in [6.45, 7) is 2.26. The summed E-state index contributed by atoms with van der Waals surface area (Å²) in [6.07, 6.45) is 2.55. The second kappa shape index (κ2) is 0.733. The van der Waals surface area contributed by atoms with E-state index in [9.17, 15) is 0 Å². The molecule has 0 nitrogen and oxygen atoms in total. The lowest BCUT2D eigenvalue weighted by Gasteiger charge is -1.88. The third-order valence-corrected chi connectivity index (χ3v) is 2.13. The second-order valence-electron chi connectivity index (χ2n) is 2.82. The molecular weight excluding hydrogens is 84.1 g/mol. The second-order valence-corrected chi connectivity index (χ2v) is 2.82. The zero-order valence-electron chi connectivity index (χ0n) is 4.49. The zero-order chi connectivity index (χ0) is 4.91. The summed E-state index contributed by atoms with van der Waals surface area (Å²) in [6, 6.07) is 0. The van der Waals surface area contributed by atoms with Crippen LogP contribution in [-0.2, 0) is 0 Å². The number of hydrogen-bond acceptors (Lipinski definition) is 0. The Bertz CT molecular complexity index is 159. The van der Waals surface area contributed by atoms with Crippen molar-refractivity contribution in [1.82, 2.24) is 0 Å². The van der Waals surface area contributed by atoms with Crippen molar-refractivity contribution in [2.75, 3.05) is 0 Å². The molecule has 0 saturated heterocycles. The molecule has 2 rings (SSSR count). The molecule has 0 amide bonds. The van der Waals surface area contributed by atoms with Crippen LogP contribution in [0.2, 0.25) is 0 Å². The van der Waals surface area contributed by atoms with Crippen molar-refractivity contribution in [1.29, 1.82) is 0 Å². The average molecular weight is 92.1 g/mol. The van der Waals surface area contributed by atoms with Crippen molar-refractivity contribution in [3.8, 4) is 11.8 Å². The van der Waals surface area contributed by atoms with E-state index in [2.05, 4.69) is 18.8 Å². The van der Waals surface area contributed by atoms with E-state index >= 15 is 0 Å². The van der Waals surface area contributed by atoms with Crippen LogP contribution < -0.4 is 0 Å². The summed E-state index contributed by atoms with van der Waals surface area (Å²) in [5.41, 5.74) is 0.500. The maximum Gasteiger partial charge on any atom is 0.0327 e. The van der Waals surface area contributed by atoms with Crippen molar-refractivity contribution < 1.29 is 0 Å². The van der Waals surface area contributed by atoms with Crippen LogP contribution in [0.5, 0.6) is 0 Å². The van der Waals surface area contributed by atoms with Crippen molar-refractivity contribution in [2.45, 2.75) is 19.8 Å². The highest BCUT2D eigenvalue weighted by atomic mass is 14.5. The fraction of sp³-hybridized carbons (Fsp3) is 0.714. The van der Waals surface area contributed by atoms with E-state index in [0.717, 1.165) is 5.92 Å². The lowest BCUT2D eigenvalue weighted by Crippen LogP contribution is -1.84. The third kappa shape index (κ3) is 0.291. The van der Waals surface area contributed by atoms with E-state index in [4.69, 9.17) is 0 Å². The lowest BCUT2D eigenvalue weighted by atomic mass is 10.1. The van der Waals surface area contributed by atoms with Gasteiger partial charge >= 0.3 is 0 Å². The topological polar surface area (TPSA) is 0 Å². The SMILES string of the molecule is CC12C#CCC1C2. The Morgan fingerprint density at radius 1 is 1.71 bits per heavy atom. The first-order valence-corrected chi connectivity index (χ1v) is 2.81. The summed E-state index contributed by atoms with van der Waals surface area (Å²) < 4.78 is 0. The summed E-state index contributed by atoms with van der Waals surface area (Å²) >= 11 is 0. The van der Waals surface area contributed by atoms with Crippen LogP contribution in [0.1, 0.15) is 19.8 Å². The van der Waals surface area contributed by atoms with Crippen molar-refractivity contribution >= 4 is 0 Å². The predicted octanol–water partition coefficient (Wildman–Crippen LogP) is 1.42. The first-order chi connectivity index (χ1) is 3.31. The Kier molecular flexibility index (Phi) is 0.371. The summed E-state index contributed by atoms with van der Waals surface area (Å²) in [4.78, 5) is 0. The van der Waals surface area contributed by atoms with E-state index in [1.54, 1.807) is 0 Å². The van der Waals surface area contributed by atoms with Crippen molar-refractivity contribution in [3.63, 3.8) is 0 Å². The molecule has 2 unspecified atom stereocenters. The molecule has 0 heteroatoms. The molecule has 0 spiro atoms. The first-order valence-electron chi connectivity index (χ1n) is 2.81. The highest BCUT2D eigenvalue weighted by Gasteiger charge is 2.50. The molecule has 0 aromatic heterocycles. The van der Waals surface area contributed by atoms with Gasteiger partial charge in [-0.15, -0.1) is 5.92 Å². The molecule has 1 fully saturated rings. The van der Waals surface area contributed by atoms with E-state index in [1.165, 1.54) is 12.8 Å². The molecule has 0 bridgehead atoms. The largest absolute Gasteiger partial charge is 0.102 e. The summed E-state index contributed by atoms with van der Waals surface area (Å²) in [5.74, 6) is 7.27. The van der Waals surface area contributed by atoms with Gasteiger partial charge in [0.1, 0.15) is 0 Å². The molecule has 0 heterocycles. The van der Waals surface area contributed by atoms with Crippen molar-refractivity contribution in [3.05, 3.63) is 0 Å². The lowest BCUT2D eigenvalue weighted by molar-refractivity contribution is 0.687. The van der Waals surface area contributed by atoms with Gasteiger partial charge in [0.15, 0.2) is 0 Å². The van der Waals surface area contributed by atoms with Gasteiger partial charge in [-0.3, -0.25) is 0 Å². The van der Waals surface area contributed by atoms with Gasteiger partial charge in [0, 0.05) is 11.8 Å². The first kappa shape index (κ1) is 3.55. The van der Waals surface area contributed by atoms with Gasteiger partial charge in [0.05, 0.1) is 0 Å². The van der Waals surface area contributed by atoms with E-state index in [1.807, 2.05) is 0 Å². The molecule has 36 valence electrons. The van der Waals surface area contributed by atoms with Gasteiger partial charge in [0.2, 0.25) is 0 Å². The number of hydrogen-bond donors (Lipinski definition) is 0. The highest BCUT2D eigenvalue weighted by molar-refractivity contribution is 5.29. The molecule has 2 aliphatic rings. The molecule has 7 heavy (non-hydrogen) atoms. The van der Waals surface area contributed by atoms with Crippen LogP contribution in [0.15, 0.2) is 0 Å². The summed E-state index contributed by atoms with van der Waals surface area (Å²) in [5, 5.41) is 0. The Morgan fingerprint density at radius 3 is 2.71 bits per heavy atom. The van der Waals surface area contributed by atoms with E-state index in [-0.39, 0.29) is 0 Å². The zero-order valence-corrected chi connectivity index (χ0v) is 4.49.